The van der Waals surface area contributed by atoms with E-state index in [1.807, 2.05) is 52.0 Å². The van der Waals surface area contributed by atoms with E-state index in [1.54, 1.807) is 0 Å². The lowest BCUT2D eigenvalue weighted by Crippen LogP contribution is -2.32. The first-order valence-corrected chi connectivity index (χ1v) is 7.29. The van der Waals surface area contributed by atoms with Gasteiger partial charge in [-0.15, -0.1) is 0 Å². The third kappa shape index (κ3) is 4.52. The third-order valence-electron chi connectivity index (χ3n) is 3.02. The van der Waals surface area contributed by atoms with Crippen LogP contribution in [0.2, 0.25) is 0 Å². The highest BCUT2D eigenvalue weighted by Crippen LogP contribution is 2.28. The van der Waals surface area contributed by atoms with E-state index >= 15 is 0 Å². The van der Waals surface area contributed by atoms with E-state index in [1.165, 1.54) is 0 Å². The van der Waals surface area contributed by atoms with Gasteiger partial charge in [0, 0.05) is 5.56 Å². The van der Waals surface area contributed by atoms with Gasteiger partial charge in [0.2, 0.25) is 0 Å². The van der Waals surface area contributed by atoms with Crippen LogP contribution in [0.15, 0.2) is 24.3 Å². The summed E-state index contributed by atoms with van der Waals surface area (Å²) in [6.45, 7) is 8.25. The summed E-state index contributed by atoms with van der Waals surface area (Å²) in [4.78, 5) is 12.0. The number of fused-ring (bicyclic) bond motifs is 1. The molecule has 1 aromatic rings. The normalized spacial score (nSPS) is 15.0. The van der Waals surface area contributed by atoms with E-state index in [9.17, 15) is 4.79 Å². The van der Waals surface area contributed by atoms with Crippen molar-refractivity contribution in [2.24, 2.45) is 0 Å². The molecule has 1 aliphatic heterocycles. The van der Waals surface area contributed by atoms with Gasteiger partial charge in [0.1, 0.15) is 11.4 Å². The predicted molar refractivity (Wildman–Crippen MR) is 83.3 cm³/mol. The molecule has 0 unspecified atom stereocenters. The quantitative estimate of drug-likeness (QED) is 0.849. The van der Waals surface area contributed by atoms with Crippen molar-refractivity contribution in [2.75, 3.05) is 6.61 Å². The SMILES string of the molecule is Cc1ccc2c(c1)C(NC(=O)OC(C)(C)C)=CCCCO2. The second-order valence-corrected chi connectivity index (χ2v) is 6.23. The zero-order chi connectivity index (χ0) is 15.5. The minimum atomic E-state index is -0.516. The number of rotatable bonds is 1. The largest absolute Gasteiger partial charge is 0.493 e. The Balaban J connectivity index is 2.25. The van der Waals surface area contributed by atoms with E-state index in [-0.39, 0.29) is 0 Å². The van der Waals surface area contributed by atoms with E-state index < -0.39 is 11.7 Å². The van der Waals surface area contributed by atoms with Crippen LogP contribution in [-0.4, -0.2) is 18.3 Å². The maximum atomic E-state index is 12.0. The Hall–Kier alpha value is -1.97. The number of nitrogens with one attached hydrogen (secondary N) is 1. The molecule has 2 rings (SSSR count). The van der Waals surface area contributed by atoms with Gasteiger partial charge < -0.3 is 9.47 Å². The first-order chi connectivity index (χ1) is 9.85. The fourth-order valence-corrected chi connectivity index (χ4v) is 2.13. The number of allylic oxidation sites excluding steroid dienone is 1. The highest BCUT2D eigenvalue weighted by atomic mass is 16.6. The Morgan fingerprint density at radius 1 is 1.33 bits per heavy atom. The lowest BCUT2D eigenvalue weighted by atomic mass is 10.0. The van der Waals surface area contributed by atoms with Crippen LogP contribution in [0.4, 0.5) is 4.79 Å². The number of benzene rings is 1. The summed E-state index contributed by atoms with van der Waals surface area (Å²) in [6, 6.07) is 5.97. The van der Waals surface area contributed by atoms with Gasteiger partial charge in [0.15, 0.2) is 0 Å². The fraction of sp³-hybridized carbons (Fsp3) is 0.471. The zero-order valence-electron chi connectivity index (χ0n) is 13.2. The van der Waals surface area contributed by atoms with Crippen LogP contribution in [-0.2, 0) is 4.74 Å². The minimum absolute atomic E-state index is 0.443. The minimum Gasteiger partial charge on any atom is -0.493 e. The average Bonchev–Trinajstić information content (AvgIpc) is 2.33. The Labute approximate surface area is 126 Å². The summed E-state index contributed by atoms with van der Waals surface area (Å²) >= 11 is 0. The van der Waals surface area contributed by atoms with Gasteiger partial charge >= 0.3 is 6.09 Å². The van der Waals surface area contributed by atoms with Crippen LogP contribution in [0, 0.1) is 6.92 Å². The number of amides is 1. The number of carbonyl (C=O) groups is 1. The van der Waals surface area contributed by atoms with E-state index in [2.05, 4.69) is 5.32 Å². The van der Waals surface area contributed by atoms with Crippen molar-refractivity contribution in [3.63, 3.8) is 0 Å². The number of ether oxygens (including phenoxy) is 2. The van der Waals surface area contributed by atoms with Crippen molar-refractivity contribution in [3.05, 3.63) is 35.4 Å². The average molecular weight is 289 g/mol. The second kappa shape index (κ2) is 6.20. The maximum Gasteiger partial charge on any atom is 0.412 e. The van der Waals surface area contributed by atoms with Crippen molar-refractivity contribution >= 4 is 11.8 Å². The van der Waals surface area contributed by atoms with Crippen molar-refractivity contribution in [1.29, 1.82) is 0 Å². The Kier molecular flexibility index (Phi) is 4.56. The van der Waals surface area contributed by atoms with Crippen molar-refractivity contribution in [3.8, 4) is 5.75 Å². The Bertz CT molecular complexity index is 556. The molecule has 1 aliphatic rings. The van der Waals surface area contributed by atoms with Gasteiger partial charge in [-0.2, -0.15) is 0 Å². The summed E-state index contributed by atoms with van der Waals surface area (Å²) in [5, 5.41) is 2.85. The molecule has 4 nitrogen and oxygen atoms in total. The topological polar surface area (TPSA) is 47.6 Å². The van der Waals surface area contributed by atoms with E-state index in [0.717, 1.165) is 35.4 Å². The molecule has 0 aromatic heterocycles. The summed E-state index contributed by atoms with van der Waals surface area (Å²) in [5.41, 5.74) is 2.26. The van der Waals surface area contributed by atoms with Gasteiger partial charge in [0.25, 0.3) is 0 Å². The van der Waals surface area contributed by atoms with Crippen LogP contribution in [0.25, 0.3) is 5.70 Å². The lowest BCUT2D eigenvalue weighted by Gasteiger charge is -2.22. The summed E-state index contributed by atoms with van der Waals surface area (Å²) < 4.78 is 11.1. The molecule has 1 amide bonds. The molecule has 0 bridgehead atoms. The Morgan fingerprint density at radius 3 is 2.81 bits per heavy atom. The molecule has 0 spiro atoms. The van der Waals surface area contributed by atoms with E-state index in [4.69, 9.17) is 9.47 Å². The number of alkyl carbamates (subject to hydrolysis) is 1. The third-order valence-corrected chi connectivity index (χ3v) is 3.02. The van der Waals surface area contributed by atoms with Gasteiger partial charge in [-0.05, 0) is 52.7 Å². The van der Waals surface area contributed by atoms with Gasteiger partial charge in [-0.25, -0.2) is 4.79 Å². The van der Waals surface area contributed by atoms with Gasteiger partial charge in [-0.3, -0.25) is 5.32 Å². The number of hydrogen-bond donors (Lipinski definition) is 1. The lowest BCUT2D eigenvalue weighted by molar-refractivity contribution is 0.0558. The molecule has 0 saturated carbocycles. The molecule has 4 heteroatoms. The molecule has 0 fully saturated rings. The first-order valence-electron chi connectivity index (χ1n) is 7.29. The predicted octanol–water partition coefficient (Wildman–Crippen LogP) is 4.03. The fourth-order valence-electron chi connectivity index (χ4n) is 2.13. The molecule has 0 saturated heterocycles. The Morgan fingerprint density at radius 2 is 2.10 bits per heavy atom. The van der Waals surface area contributed by atoms with Crippen molar-refractivity contribution in [1.82, 2.24) is 5.32 Å². The molecule has 1 aromatic carbocycles. The summed E-state index contributed by atoms with van der Waals surface area (Å²) in [6.07, 6.45) is 3.37. The monoisotopic (exact) mass is 289 g/mol. The second-order valence-electron chi connectivity index (χ2n) is 6.23. The smallest absolute Gasteiger partial charge is 0.412 e. The van der Waals surface area contributed by atoms with Crippen molar-refractivity contribution < 1.29 is 14.3 Å². The van der Waals surface area contributed by atoms with Crippen LogP contribution < -0.4 is 10.1 Å². The van der Waals surface area contributed by atoms with E-state index in [0.29, 0.717) is 6.61 Å². The highest BCUT2D eigenvalue weighted by Gasteiger charge is 2.19. The van der Waals surface area contributed by atoms with Crippen molar-refractivity contribution in [2.45, 2.75) is 46.1 Å². The summed E-state index contributed by atoms with van der Waals surface area (Å²) in [5.74, 6) is 0.794. The van der Waals surface area contributed by atoms with Crippen LogP contribution in [0.3, 0.4) is 0 Å². The van der Waals surface area contributed by atoms with Gasteiger partial charge in [-0.1, -0.05) is 17.7 Å². The van der Waals surface area contributed by atoms with Crippen LogP contribution in [0.5, 0.6) is 5.75 Å². The number of hydrogen-bond acceptors (Lipinski definition) is 3. The molecule has 21 heavy (non-hydrogen) atoms. The zero-order valence-corrected chi connectivity index (χ0v) is 13.2. The molecule has 1 heterocycles. The molecular weight excluding hydrogens is 266 g/mol. The standard InChI is InChI=1S/C17H23NO3/c1-12-8-9-15-13(11-12)14(7-5-6-10-20-15)18-16(19)21-17(2,3)4/h7-9,11H,5-6,10H2,1-4H3,(H,18,19). The molecular formula is C17H23NO3. The molecule has 0 aliphatic carbocycles. The van der Waals surface area contributed by atoms with Crippen LogP contribution >= 0.6 is 0 Å². The molecule has 0 atom stereocenters. The highest BCUT2D eigenvalue weighted by molar-refractivity contribution is 5.84. The molecule has 114 valence electrons. The number of aryl methyl sites for hydroxylation is 1. The van der Waals surface area contributed by atoms with Gasteiger partial charge in [0.05, 0.1) is 12.3 Å². The first kappa shape index (κ1) is 15.4. The molecule has 1 N–H and O–H groups in total. The number of carbonyl (C=O) groups excluding carboxylic acids is 1. The molecule has 0 radical (unpaired) electrons. The van der Waals surface area contributed by atoms with Crippen LogP contribution in [0.1, 0.15) is 44.7 Å². The maximum absolute atomic E-state index is 12.0. The summed E-state index contributed by atoms with van der Waals surface area (Å²) in [7, 11) is 0.